The number of nitro benzene ring substituents is 1. The molecule has 2 aromatic rings. The predicted octanol–water partition coefficient (Wildman–Crippen LogP) is 2.59. The van der Waals surface area contributed by atoms with Gasteiger partial charge in [0.25, 0.3) is 5.69 Å². The summed E-state index contributed by atoms with van der Waals surface area (Å²) in [5.74, 6) is 0.572. The van der Waals surface area contributed by atoms with Crippen molar-refractivity contribution in [2.45, 2.75) is 6.42 Å². The molecule has 5 heteroatoms. The molecule has 0 radical (unpaired) electrons. The van der Waals surface area contributed by atoms with Crippen LogP contribution in [0, 0.1) is 10.1 Å². The van der Waals surface area contributed by atoms with Gasteiger partial charge in [-0.15, -0.1) is 0 Å². The summed E-state index contributed by atoms with van der Waals surface area (Å²) in [6.45, 7) is 0. The lowest BCUT2D eigenvalue weighted by atomic mass is 10.1. The molecule has 92 valence electrons. The van der Waals surface area contributed by atoms with Gasteiger partial charge in [-0.2, -0.15) is 0 Å². The van der Waals surface area contributed by atoms with E-state index in [2.05, 4.69) is 4.98 Å². The van der Waals surface area contributed by atoms with Gasteiger partial charge >= 0.3 is 0 Å². The van der Waals surface area contributed by atoms with Gasteiger partial charge < -0.3 is 4.74 Å². The molecule has 1 heterocycles. The number of hydrogen-bond donors (Lipinski definition) is 0. The van der Waals surface area contributed by atoms with E-state index in [-0.39, 0.29) is 5.69 Å². The minimum atomic E-state index is -0.404. The van der Waals surface area contributed by atoms with Crippen molar-refractivity contribution in [1.82, 2.24) is 4.98 Å². The summed E-state index contributed by atoms with van der Waals surface area (Å²) in [5.41, 5.74) is 2.14. The van der Waals surface area contributed by atoms with Gasteiger partial charge in [0.15, 0.2) is 0 Å². The molecular formula is C13H12N2O3. The van der Waals surface area contributed by atoms with E-state index in [1.165, 1.54) is 12.1 Å². The van der Waals surface area contributed by atoms with Crippen molar-refractivity contribution in [3.8, 4) is 5.88 Å². The number of pyridine rings is 1. The molecule has 5 nitrogen and oxygen atoms in total. The minimum absolute atomic E-state index is 0.103. The van der Waals surface area contributed by atoms with Gasteiger partial charge in [0.2, 0.25) is 5.88 Å². The summed E-state index contributed by atoms with van der Waals surface area (Å²) >= 11 is 0. The molecule has 0 saturated heterocycles. The summed E-state index contributed by atoms with van der Waals surface area (Å²) in [6.07, 6.45) is 2.43. The van der Waals surface area contributed by atoms with Gasteiger partial charge in [-0.1, -0.05) is 18.2 Å². The number of hydrogen-bond acceptors (Lipinski definition) is 4. The summed E-state index contributed by atoms with van der Waals surface area (Å²) in [5, 5.41) is 10.5. The lowest BCUT2D eigenvalue weighted by Crippen LogP contribution is -1.93. The first-order valence-corrected chi connectivity index (χ1v) is 5.41. The van der Waals surface area contributed by atoms with Crippen LogP contribution < -0.4 is 4.74 Å². The van der Waals surface area contributed by atoms with Gasteiger partial charge in [0.05, 0.1) is 12.0 Å². The number of methoxy groups -OCH3 is 1. The SMILES string of the molecule is COc1ccc(Cc2ccc([N+](=O)[O-])cc2)cn1. The molecule has 1 aromatic carbocycles. The standard InChI is InChI=1S/C13H12N2O3/c1-18-13-7-4-11(9-14-13)8-10-2-5-12(6-3-10)15(16)17/h2-7,9H,8H2,1H3. The van der Waals surface area contributed by atoms with Crippen LogP contribution in [-0.2, 0) is 6.42 Å². The third-order valence-corrected chi connectivity index (χ3v) is 2.56. The Hall–Kier alpha value is -2.43. The second-order valence-corrected chi connectivity index (χ2v) is 3.81. The van der Waals surface area contributed by atoms with Crippen molar-refractivity contribution in [2.75, 3.05) is 7.11 Å². The third kappa shape index (κ3) is 2.82. The Morgan fingerprint density at radius 1 is 1.17 bits per heavy atom. The zero-order chi connectivity index (χ0) is 13.0. The van der Waals surface area contributed by atoms with Crippen molar-refractivity contribution in [3.63, 3.8) is 0 Å². The average molecular weight is 244 g/mol. The van der Waals surface area contributed by atoms with Crippen molar-refractivity contribution >= 4 is 5.69 Å². The molecule has 1 aromatic heterocycles. The maximum atomic E-state index is 10.5. The number of nitro groups is 1. The lowest BCUT2D eigenvalue weighted by Gasteiger charge is -2.03. The third-order valence-electron chi connectivity index (χ3n) is 2.56. The van der Waals surface area contributed by atoms with Crippen molar-refractivity contribution < 1.29 is 9.66 Å². The highest BCUT2D eigenvalue weighted by molar-refractivity contribution is 5.35. The molecule has 0 bridgehead atoms. The normalized spacial score (nSPS) is 10.1. The van der Waals surface area contributed by atoms with E-state index in [1.807, 2.05) is 6.07 Å². The fraction of sp³-hybridized carbons (Fsp3) is 0.154. The Bertz CT molecular complexity index is 535. The Kier molecular flexibility index (Phi) is 3.52. The summed E-state index contributed by atoms with van der Waals surface area (Å²) in [6, 6.07) is 10.2. The van der Waals surface area contributed by atoms with E-state index >= 15 is 0 Å². The second kappa shape index (κ2) is 5.27. The highest BCUT2D eigenvalue weighted by Gasteiger charge is 2.04. The van der Waals surface area contributed by atoms with Crippen LogP contribution in [0.15, 0.2) is 42.6 Å². The van der Waals surface area contributed by atoms with E-state index in [1.54, 1.807) is 31.5 Å². The number of nitrogens with zero attached hydrogens (tertiary/aromatic N) is 2. The van der Waals surface area contributed by atoms with Crippen LogP contribution in [0.5, 0.6) is 5.88 Å². The van der Waals surface area contributed by atoms with Crippen LogP contribution in [0.1, 0.15) is 11.1 Å². The van der Waals surface area contributed by atoms with Crippen LogP contribution in [0.4, 0.5) is 5.69 Å². The zero-order valence-corrected chi connectivity index (χ0v) is 9.87. The van der Waals surface area contributed by atoms with E-state index in [4.69, 9.17) is 4.74 Å². The topological polar surface area (TPSA) is 65.3 Å². The van der Waals surface area contributed by atoms with Gasteiger partial charge in [-0.05, 0) is 17.5 Å². The highest BCUT2D eigenvalue weighted by Crippen LogP contribution is 2.15. The minimum Gasteiger partial charge on any atom is -0.481 e. The number of benzene rings is 1. The Morgan fingerprint density at radius 2 is 1.83 bits per heavy atom. The monoisotopic (exact) mass is 244 g/mol. The molecule has 0 spiro atoms. The molecule has 0 atom stereocenters. The van der Waals surface area contributed by atoms with Gasteiger partial charge in [0.1, 0.15) is 0 Å². The smallest absolute Gasteiger partial charge is 0.269 e. The van der Waals surface area contributed by atoms with Crippen LogP contribution in [0.2, 0.25) is 0 Å². The Balaban J connectivity index is 2.10. The van der Waals surface area contributed by atoms with E-state index in [0.717, 1.165) is 11.1 Å². The lowest BCUT2D eigenvalue weighted by molar-refractivity contribution is -0.384. The maximum absolute atomic E-state index is 10.5. The maximum Gasteiger partial charge on any atom is 0.269 e. The van der Waals surface area contributed by atoms with Gasteiger partial charge in [-0.3, -0.25) is 10.1 Å². The van der Waals surface area contributed by atoms with Crippen LogP contribution in [0.25, 0.3) is 0 Å². The number of non-ortho nitro benzene ring substituents is 1. The van der Waals surface area contributed by atoms with Crippen LogP contribution in [0.3, 0.4) is 0 Å². The molecule has 0 aliphatic heterocycles. The van der Waals surface area contributed by atoms with Crippen molar-refractivity contribution in [1.29, 1.82) is 0 Å². The Labute approximate surface area is 104 Å². The Morgan fingerprint density at radius 3 is 2.33 bits per heavy atom. The highest BCUT2D eigenvalue weighted by atomic mass is 16.6. The second-order valence-electron chi connectivity index (χ2n) is 3.81. The summed E-state index contributed by atoms with van der Waals surface area (Å²) in [4.78, 5) is 14.2. The first kappa shape index (κ1) is 12.0. The van der Waals surface area contributed by atoms with E-state index in [0.29, 0.717) is 12.3 Å². The first-order valence-electron chi connectivity index (χ1n) is 5.41. The number of aromatic nitrogens is 1. The molecule has 0 saturated carbocycles. The molecule has 0 aliphatic rings. The van der Waals surface area contributed by atoms with Crippen LogP contribution in [-0.4, -0.2) is 17.0 Å². The average Bonchev–Trinajstić information content (AvgIpc) is 2.40. The van der Waals surface area contributed by atoms with Gasteiger partial charge in [-0.25, -0.2) is 4.98 Å². The fourth-order valence-electron chi connectivity index (χ4n) is 1.61. The molecule has 0 aliphatic carbocycles. The first-order chi connectivity index (χ1) is 8.69. The van der Waals surface area contributed by atoms with E-state index < -0.39 is 4.92 Å². The summed E-state index contributed by atoms with van der Waals surface area (Å²) < 4.78 is 4.98. The molecule has 0 N–H and O–H groups in total. The molecule has 0 fully saturated rings. The van der Waals surface area contributed by atoms with Crippen LogP contribution >= 0.6 is 0 Å². The largest absolute Gasteiger partial charge is 0.481 e. The van der Waals surface area contributed by atoms with E-state index in [9.17, 15) is 10.1 Å². The molecule has 18 heavy (non-hydrogen) atoms. The molecule has 0 unspecified atom stereocenters. The number of ether oxygens (including phenoxy) is 1. The fourth-order valence-corrected chi connectivity index (χ4v) is 1.61. The molecular weight excluding hydrogens is 232 g/mol. The van der Waals surface area contributed by atoms with Gasteiger partial charge in [0, 0.05) is 24.4 Å². The number of rotatable bonds is 4. The predicted molar refractivity (Wildman–Crippen MR) is 66.7 cm³/mol. The summed E-state index contributed by atoms with van der Waals surface area (Å²) in [7, 11) is 1.57. The van der Waals surface area contributed by atoms with Crippen molar-refractivity contribution in [2.24, 2.45) is 0 Å². The molecule has 2 rings (SSSR count). The molecule has 0 amide bonds. The van der Waals surface area contributed by atoms with Crippen molar-refractivity contribution in [3.05, 3.63) is 63.8 Å². The zero-order valence-electron chi connectivity index (χ0n) is 9.87. The quantitative estimate of drug-likeness (QED) is 0.612.